The van der Waals surface area contributed by atoms with Crippen LogP contribution in [0.25, 0.3) is 0 Å². The molecule has 1 atom stereocenters. The molecule has 0 aliphatic carbocycles. The monoisotopic (exact) mass is 249 g/mol. The van der Waals surface area contributed by atoms with Gasteiger partial charge in [-0.2, -0.15) is 0 Å². The van der Waals surface area contributed by atoms with Crippen molar-refractivity contribution in [3.05, 3.63) is 29.3 Å². The van der Waals surface area contributed by atoms with E-state index < -0.39 is 0 Å². The first-order chi connectivity index (χ1) is 8.52. The molecule has 1 N–H and O–H groups in total. The molecule has 2 nitrogen and oxygen atoms in total. The van der Waals surface area contributed by atoms with Crippen molar-refractivity contribution in [3.63, 3.8) is 0 Å². The molecular formula is C16H27NO. The van der Waals surface area contributed by atoms with E-state index in [0.29, 0.717) is 5.92 Å². The molecule has 2 heteroatoms. The van der Waals surface area contributed by atoms with E-state index >= 15 is 0 Å². The van der Waals surface area contributed by atoms with Crippen LogP contribution in [0, 0.1) is 12.8 Å². The third kappa shape index (κ3) is 5.09. The maximum Gasteiger partial charge on any atom is 0.124 e. The second-order valence-electron chi connectivity index (χ2n) is 5.47. The number of ether oxygens (including phenoxy) is 1. The molecule has 1 unspecified atom stereocenters. The third-order valence-corrected chi connectivity index (χ3v) is 2.99. The van der Waals surface area contributed by atoms with E-state index in [0.717, 1.165) is 25.3 Å². The SMILES string of the molecule is CCC(C)Oc1ccc(C)cc1CNCC(C)C. The van der Waals surface area contributed by atoms with Crippen LogP contribution in [0.4, 0.5) is 0 Å². The maximum absolute atomic E-state index is 5.97. The highest BCUT2D eigenvalue weighted by Gasteiger charge is 2.07. The van der Waals surface area contributed by atoms with Crippen LogP contribution in [0.1, 0.15) is 45.2 Å². The Bertz CT molecular complexity index is 360. The number of hydrogen-bond donors (Lipinski definition) is 1. The minimum Gasteiger partial charge on any atom is -0.490 e. The van der Waals surface area contributed by atoms with Crippen molar-refractivity contribution >= 4 is 0 Å². The van der Waals surface area contributed by atoms with Gasteiger partial charge in [0, 0.05) is 12.1 Å². The molecule has 0 fully saturated rings. The molecular weight excluding hydrogens is 222 g/mol. The zero-order valence-corrected chi connectivity index (χ0v) is 12.4. The Morgan fingerprint density at radius 1 is 1.22 bits per heavy atom. The molecule has 0 saturated heterocycles. The van der Waals surface area contributed by atoms with Crippen LogP contribution in [0.15, 0.2) is 18.2 Å². The van der Waals surface area contributed by atoms with Gasteiger partial charge in [0.2, 0.25) is 0 Å². The molecule has 1 aromatic rings. The third-order valence-electron chi connectivity index (χ3n) is 2.99. The normalized spacial score (nSPS) is 12.8. The highest BCUT2D eigenvalue weighted by molar-refractivity contribution is 5.37. The second-order valence-corrected chi connectivity index (χ2v) is 5.47. The molecule has 0 amide bonds. The van der Waals surface area contributed by atoms with E-state index in [4.69, 9.17) is 4.74 Å². The van der Waals surface area contributed by atoms with E-state index in [1.807, 2.05) is 0 Å². The maximum atomic E-state index is 5.97. The van der Waals surface area contributed by atoms with E-state index in [1.54, 1.807) is 0 Å². The Labute approximate surface area is 112 Å². The molecule has 1 rings (SSSR count). The van der Waals surface area contributed by atoms with Gasteiger partial charge in [-0.05, 0) is 38.8 Å². The van der Waals surface area contributed by atoms with Gasteiger partial charge >= 0.3 is 0 Å². The van der Waals surface area contributed by atoms with Crippen molar-refractivity contribution in [1.82, 2.24) is 5.32 Å². The van der Waals surface area contributed by atoms with Gasteiger partial charge in [0.15, 0.2) is 0 Å². The molecule has 18 heavy (non-hydrogen) atoms. The van der Waals surface area contributed by atoms with E-state index in [9.17, 15) is 0 Å². The zero-order chi connectivity index (χ0) is 13.5. The van der Waals surface area contributed by atoms with Crippen molar-refractivity contribution in [2.24, 2.45) is 5.92 Å². The lowest BCUT2D eigenvalue weighted by Gasteiger charge is -2.17. The van der Waals surface area contributed by atoms with E-state index in [-0.39, 0.29) is 6.10 Å². The van der Waals surface area contributed by atoms with Gasteiger partial charge in [0.1, 0.15) is 5.75 Å². The predicted octanol–water partition coefficient (Wildman–Crippen LogP) is 3.92. The standard InChI is InChI=1S/C16H27NO/c1-6-14(5)18-16-8-7-13(4)9-15(16)11-17-10-12(2)3/h7-9,12,14,17H,6,10-11H2,1-5H3. The largest absolute Gasteiger partial charge is 0.490 e. The molecule has 0 spiro atoms. The van der Waals surface area contributed by atoms with Gasteiger partial charge in [0.25, 0.3) is 0 Å². The van der Waals surface area contributed by atoms with Crippen LogP contribution in [0.5, 0.6) is 5.75 Å². The molecule has 0 radical (unpaired) electrons. The van der Waals surface area contributed by atoms with Crippen LogP contribution in [0.3, 0.4) is 0 Å². The minimum atomic E-state index is 0.275. The lowest BCUT2D eigenvalue weighted by molar-refractivity contribution is 0.215. The summed E-state index contributed by atoms with van der Waals surface area (Å²) in [5, 5.41) is 3.48. The van der Waals surface area contributed by atoms with Gasteiger partial charge in [-0.25, -0.2) is 0 Å². The lowest BCUT2D eigenvalue weighted by atomic mass is 10.1. The average Bonchev–Trinajstić information content (AvgIpc) is 2.31. The summed E-state index contributed by atoms with van der Waals surface area (Å²) in [5.74, 6) is 1.69. The lowest BCUT2D eigenvalue weighted by Crippen LogP contribution is -2.20. The number of nitrogens with one attached hydrogen (secondary N) is 1. The van der Waals surface area contributed by atoms with Crippen LogP contribution >= 0.6 is 0 Å². The molecule has 0 heterocycles. The summed E-state index contributed by atoms with van der Waals surface area (Å²) in [6, 6.07) is 6.42. The Kier molecular flexibility index (Phi) is 6.20. The summed E-state index contributed by atoms with van der Waals surface area (Å²) < 4.78 is 5.97. The number of aryl methyl sites for hydroxylation is 1. The Morgan fingerprint density at radius 3 is 2.56 bits per heavy atom. The fraction of sp³-hybridized carbons (Fsp3) is 0.625. The Hall–Kier alpha value is -1.02. The van der Waals surface area contributed by atoms with Crippen LogP contribution in [0.2, 0.25) is 0 Å². The van der Waals surface area contributed by atoms with E-state index in [1.165, 1.54) is 11.1 Å². The Morgan fingerprint density at radius 2 is 1.94 bits per heavy atom. The van der Waals surface area contributed by atoms with Crippen molar-refractivity contribution in [1.29, 1.82) is 0 Å². The average molecular weight is 249 g/mol. The fourth-order valence-electron chi connectivity index (χ4n) is 1.76. The fourth-order valence-corrected chi connectivity index (χ4v) is 1.76. The van der Waals surface area contributed by atoms with Crippen molar-refractivity contribution in [3.8, 4) is 5.75 Å². The number of benzene rings is 1. The quantitative estimate of drug-likeness (QED) is 0.791. The zero-order valence-electron chi connectivity index (χ0n) is 12.4. The summed E-state index contributed by atoms with van der Waals surface area (Å²) >= 11 is 0. The summed E-state index contributed by atoms with van der Waals surface area (Å²) in [5.41, 5.74) is 2.55. The minimum absolute atomic E-state index is 0.275. The summed E-state index contributed by atoms with van der Waals surface area (Å²) in [4.78, 5) is 0. The van der Waals surface area contributed by atoms with Gasteiger partial charge in [-0.3, -0.25) is 0 Å². The first-order valence-corrected chi connectivity index (χ1v) is 6.99. The number of hydrogen-bond acceptors (Lipinski definition) is 2. The molecule has 0 aliphatic rings. The molecule has 102 valence electrons. The van der Waals surface area contributed by atoms with Gasteiger partial charge in [-0.1, -0.05) is 38.5 Å². The van der Waals surface area contributed by atoms with Crippen molar-refractivity contribution < 1.29 is 4.74 Å². The first-order valence-electron chi connectivity index (χ1n) is 6.99. The van der Waals surface area contributed by atoms with Gasteiger partial charge in [-0.15, -0.1) is 0 Å². The molecule has 0 saturated carbocycles. The highest BCUT2D eigenvalue weighted by Crippen LogP contribution is 2.21. The first kappa shape index (κ1) is 15.0. The molecule has 0 bridgehead atoms. The predicted molar refractivity (Wildman–Crippen MR) is 78.1 cm³/mol. The summed E-state index contributed by atoms with van der Waals surface area (Å²) in [6.07, 6.45) is 1.31. The molecule has 1 aromatic carbocycles. The molecule has 0 aromatic heterocycles. The Balaban J connectivity index is 2.70. The van der Waals surface area contributed by atoms with Gasteiger partial charge < -0.3 is 10.1 Å². The highest BCUT2D eigenvalue weighted by atomic mass is 16.5. The second kappa shape index (κ2) is 7.42. The van der Waals surface area contributed by atoms with Crippen molar-refractivity contribution in [2.45, 2.75) is 53.7 Å². The summed E-state index contributed by atoms with van der Waals surface area (Å²) in [7, 11) is 0. The topological polar surface area (TPSA) is 21.3 Å². The molecule has 0 aliphatic heterocycles. The van der Waals surface area contributed by atoms with Crippen LogP contribution in [-0.4, -0.2) is 12.6 Å². The van der Waals surface area contributed by atoms with Crippen LogP contribution < -0.4 is 10.1 Å². The van der Waals surface area contributed by atoms with Gasteiger partial charge in [0.05, 0.1) is 6.10 Å². The van der Waals surface area contributed by atoms with Crippen molar-refractivity contribution in [2.75, 3.05) is 6.54 Å². The number of rotatable bonds is 7. The summed E-state index contributed by atoms with van der Waals surface area (Å²) in [6.45, 7) is 12.8. The van der Waals surface area contributed by atoms with Crippen LogP contribution in [-0.2, 0) is 6.54 Å². The smallest absolute Gasteiger partial charge is 0.124 e. The van der Waals surface area contributed by atoms with E-state index in [2.05, 4.69) is 58.1 Å².